The molecule has 0 radical (unpaired) electrons. The second-order valence-corrected chi connectivity index (χ2v) is 9.93. The van der Waals surface area contributed by atoms with Crippen LogP contribution in [-0.2, 0) is 10.2 Å². The van der Waals surface area contributed by atoms with E-state index in [4.69, 9.17) is 5.73 Å². The van der Waals surface area contributed by atoms with Crippen LogP contribution in [0.5, 0.6) is 11.5 Å². The van der Waals surface area contributed by atoms with Crippen LogP contribution < -0.4 is 5.73 Å². The molecule has 0 saturated carbocycles. The summed E-state index contributed by atoms with van der Waals surface area (Å²) in [5, 5.41) is 19.8. The number of aromatic hydroxyl groups is 2. The lowest BCUT2D eigenvalue weighted by Gasteiger charge is -2.36. The summed E-state index contributed by atoms with van der Waals surface area (Å²) in [5.41, 5.74) is 8.14. The van der Waals surface area contributed by atoms with Gasteiger partial charge in [0.25, 0.3) is 0 Å². The lowest BCUT2D eigenvalue weighted by Crippen LogP contribution is -2.28. The molecule has 0 unspecified atom stereocenters. The van der Waals surface area contributed by atoms with Gasteiger partial charge in [-0.3, -0.25) is 4.79 Å². The van der Waals surface area contributed by atoms with Gasteiger partial charge in [0.1, 0.15) is 11.5 Å². The van der Waals surface area contributed by atoms with E-state index in [0.29, 0.717) is 23.5 Å². The predicted octanol–water partition coefficient (Wildman–Crippen LogP) is 7.91. The number of nitrogens with two attached hydrogens (primary N) is 1. The summed E-state index contributed by atoms with van der Waals surface area (Å²) in [4.78, 5) is 11.1. The molecule has 0 aliphatic rings. The SMILES string of the molecule is C=C(CCCCCCCCCC(CCCCCC)(c1ccc(O)cc1)c1ccc(O)cc1)C(N)=O. The first-order valence-corrected chi connectivity index (χ1v) is 13.5. The molecule has 0 aliphatic carbocycles. The van der Waals surface area contributed by atoms with Crippen molar-refractivity contribution in [3.8, 4) is 11.5 Å². The Bertz CT molecular complexity index is 841. The molecule has 192 valence electrons. The fraction of sp³-hybridized carbons (Fsp3) is 0.516. The largest absolute Gasteiger partial charge is 0.508 e. The van der Waals surface area contributed by atoms with Gasteiger partial charge in [-0.25, -0.2) is 0 Å². The number of hydrogen-bond acceptors (Lipinski definition) is 3. The van der Waals surface area contributed by atoms with Crippen molar-refractivity contribution in [3.05, 3.63) is 71.8 Å². The van der Waals surface area contributed by atoms with Crippen molar-refractivity contribution in [2.45, 2.75) is 102 Å². The second kappa shape index (κ2) is 15.3. The third-order valence-electron chi connectivity index (χ3n) is 7.23. The van der Waals surface area contributed by atoms with E-state index in [2.05, 4.69) is 37.8 Å². The van der Waals surface area contributed by atoms with Crippen LogP contribution in [-0.4, -0.2) is 16.1 Å². The predicted molar refractivity (Wildman–Crippen MR) is 146 cm³/mol. The minimum absolute atomic E-state index is 0.121. The molecule has 0 heterocycles. The van der Waals surface area contributed by atoms with Crippen LogP contribution in [0, 0.1) is 0 Å². The molecule has 35 heavy (non-hydrogen) atoms. The Hall–Kier alpha value is -2.75. The zero-order valence-corrected chi connectivity index (χ0v) is 21.6. The van der Waals surface area contributed by atoms with E-state index < -0.39 is 0 Å². The first-order valence-electron chi connectivity index (χ1n) is 13.5. The zero-order chi connectivity index (χ0) is 25.5. The van der Waals surface area contributed by atoms with Gasteiger partial charge in [0.15, 0.2) is 0 Å². The summed E-state index contributed by atoms with van der Waals surface area (Å²) in [6.07, 6.45) is 15.6. The maximum atomic E-state index is 11.1. The summed E-state index contributed by atoms with van der Waals surface area (Å²) >= 11 is 0. The molecule has 0 saturated heterocycles. The lowest BCUT2D eigenvalue weighted by atomic mass is 9.68. The van der Waals surface area contributed by atoms with Crippen molar-refractivity contribution in [2.75, 3.05) is 0 Å². The first-order chi connectivity index (χ1) is 16.9. The smallest absolute Gasteiger partial charge is 0.244 e. The number of unbranched alkanes of at least 4 members (excludes halogenated alkanes) is 9. The van der Waals surface area contributed by atoms with E-state index in [0.717, 1.165) is 38.5 Å². The third-order valence-corrected chi connectivity index (χ3v) is 7.23. The second-order valence-electron chi connectivity index (χ2n) is 9.93. The minimum Gasteiger partial charge on any atom is -0.508 e. The molecule has 0 spiro atoms. The molecular formula is C31H45NO3. The number of primary amides is 1. The van der Waals surface area contributed by atoms with Gasteiger partial charge in [0, 0.05) is 11.0 Å². The Morgan fingerprint density at radius 1 is 0.714 bits per heavy atom. The Labute approximate surface area is 212 Å². The number of carbonyl (C=O) groups is 1. The quantitative estimate of drug-likeness (QED) is 0.150. The van der Waals surface area contributed by atoms with E-state index in [1.54, 1.807) is 24.3 Å². The molecule has 0 aliphatic heterocycles. The third kappa shape index (κ3) is 9.43. The fourth-order valence-corrected chi connectivity index (χ4v) is 5.06. The van der Waals surface area contributed by atoms with Gasteiger partial charge in [0.05, 0.1) is 0 Å². The van der Waals surface area contributed by atoms with Crippen molar-refractivity contribution < 1.29 is 15.0 Å². The number of rotatable bonds is 18. The van der Waals surface area contributed by atoms with E-state index in [-0.39, 0.29) is 11.3 Å². The summed E-state index contributed by atoms with van der Waals surface area (Å²) in [6, 6.07) is 15.5. The molecule has 0 fully saturated rings. The number of amides is 1. The van der Waals surface area contributed by atoms with Gasteiger partial charge < -0.3 is 15.9 Å². The van der Waals surface area contributed by atoms with Gasteiger partial charge in [-0.05, 0) is 61.1 Å². The van der Waals surface area contributed by atoms with Crippen LogP contribution in [0.1, 0.15) is 108 Å². The normalized spacial score (nSPS) is 11.5. The molecule has 1 amide bonds. The van der Waals surface area contributed by atoms with Gasteiger partial charge in [0.2, 0.25) is 5.91 Å². The average Bonchev–Trinajstić information content (AvgIpc) is 2.85. The molecular weight excluding hydrogens is 434 g/mol. The molecule has 0 aromatic heterocycles. The zero-order valence-electron chi connectivity index (χ0n) is 21.6. The average molecular weight is 480 g/mol. The number of benzene rings is 2. The van der Waals surface area contributed by atoms with Crippen LogP contribution in [0.3, 0.4) is 0 Å². The van der Waals surface area contributed by atoms with E-state index in [1.165, 1.54) is 56.1 Å². The molecule has 4 nitrogen and oxygen atoms in total. The maximum Gasteiger partial charge on any atom is 0.244 e. The van der Waals surface area contributed by atoms with Crippen molar-refractivity contribution >= 4 is 5.91 Å². The number of hydrogen-bond donors (Lipinski definition) is 3. The first kappa shape index (κ1) is 28.5. The monoisotopic (exact) mass is 479 g/mol. The maximum absolute atomic E-state index is 11.1. The molecule has 4 heteroatoms. The van der Waals surface area contributed by atoms with Crippen LogP contribution in [0.15, 0.2) is 60.7 Å². The number of carbonyl (C=O) groups excluding carboxylic acids is 1. The Morgan fingerprint density at radius 2 is 1.11 bits per heavy atom. The molecule has 2 aromatic rings. The van der Waals surface area contributed by atoms with Crippen molar-refractivity contribution in [2.24, 2.45) is 5.73 Å². The van der Waals surface area contributed by atoms with Crippen molar-refractivity contribution in [1.82, 2.24) is 0 Å². The van der Waals surface area contributed by atoms with E-state index in [9.17, 15) is 15.0 Å². The molecule has 4 N–H and O–H groups in total. The highest BCUT2D eigenvalue weighted by atomic mass is 16.3. The van der Waals surface area contributed by atoms with E-state index >= 15 is 0 Å². The Morgan fingerprint density at radius 3 is 1.54 bits per heavy atom. The molecule has 2 aromatic carbocycles. The summed E-state index contributed by atoms with van der Waals surface area (Å²) in [6.45, 7) is 5.96. The topological polar surface area (TPSA) is 83.6 Å². The summed E-state index contributed by atoms with van der Waals surface area (Å²) in [5.74, 6) is 0.197. The van der Waals surface area contributed by atoms with Crippen LogP contribution in [0.4, 0.5) is 0 Å². The van der Waals surface area contributed by atoms with Gasteiger partial charge in [-0.15, -0.1) is 0 Å². The Balaban J connectivity index is 2.01. The van der Waals surface area contributed by atoms with Crippen LogP contribution in [0.25, 0.3) is 0 Å². The lowest BCUT2D eigenvalue weighted by molar-refractivity contribution is -0.114. The highest BCUT2D eigenvalue weighted by molar-refractivity contribution is 5.91. The Kier molecular flexibility index (Phi) is 12.4. The number of phenols is 2. The highest BCUT2D eigenvalue weighted by Gasteiger charge is 2.33. The standard InChI is InChI=1S/C31H45NO3/c1-3-4-5-12-23-31(26-15-19-28(33)20-16-26,27-17-21-29(34)22-18-27)24-13-10-8-6-7-9-11-14-25(2)30(32)35/h15-22,33-34H,2-14,23-24H2,1H3,(H2,32,35). The van der Waals surface area contributed by atoms with Crippen LogP contribution in [0.2, 0.25) is 0 Å². The van der Waals surface area contributed by atoms with Crippen LogP contribution >= 0.6 is 0 Å². The van der Waals surface area contributed by atoms with Crippen molar-refractivity contribution in [1.29, 1.82) is 0 Å². The van der Waals surface area contributed by atoms with Gasteiger partial charge in [-0.2, -0.15) is 0 Å². The minimum atomic E-state index is -0.384. The molecule has 0 atom stereocenters. The van der Waals surface area contributed by atoms with Crippen molar-refractivity contribution in [3.63, 3.8) is 0 Å². The van der Waals surface area contributed by atoms with Gasteiger partial charge in [-0.1, -0.05) is 102 Å². The molecule has 0 bridgehead atoms. The number of phenolic OH excluding ortho intramolecular Hbond substituents is 2. The fourth-order valence-electron chi connectivity index (χ4n) is 5.06. The van der Waals surface area contributed by atoms with Gasteiger partial charge >= 0.3 is 0 Å². The van der Waals surface area contributed by atoms with E-state index in [1.807, 2.05) is 0 Å². The highest BCUT2D eigenvalue weighted by Crippen LogP contribution is 2.43. The molecule has 2 rings (SSSR count). The summed E-state index contributed by atoms with van der Waals surface area (Å²) in [7, 11) is 0. The summed E-state index contributed by atoms with van der Waals surface area (Å²) < 4.78 is 0.